The van der Waals surface area contributed by atoms with Crippen molar-refractivity contribution in [3.63, 3.8) is 0 Å². The molecule has 22 heavy (non-hydrogen) atoms. The number of nitrogens with two attached hydrogens (primary N) is 1. The van der Waals surface area contributed by atoms with Gasteiger partial charge >= 0.3 is 0 Å². The van der Waals surface area contributed by atoms with Gasteiger partial charge in [0.05, 0.1) is 6.54 Å². The van der Waals surface area contributed by atoms with E-state index in [2.05, 4.69) is 35.9 Å². The molecule has 0 aliphatic carbocycles. The summed E-state index contributed by atoms with van der Waals surface area (Å²) in [5.74, 6) is 2.08. The first-order chi connectivity index (χ1) is 10.2. The van der Waals surface area contributed by atoms with E-state index in [1.165, 1.54) is 24.8 Å². The largest absolute Gasteiger partial charge is 0.491 e. The number of nitrogens with zero attached hydrogens (tertiary/aromatic N) is 2. The van der Waals surface area contributed by atoms with E-state index in [0.29, 0.717) is 25.0 Å². The van der Waals surface area contributed by atoms with Crippen LogP contribution in [0.1, 0.15) is 44.6 Å². The summed E-state index contributed by atoms with van der Waals surface area (Å²) in [5, 5.41) is 0. The molecule has 1 aromatic carbocycles. The topological polar surface area (TPSA) is 50.9 Å². The van der Waals surface area contributed by atoms with Crippen molar-refractivity contribution in [3.8, 4) is 5.75 Å². The predicted octanol–water partition coefficient (Wildman–Crippen LogP) is 3.61. The highest BCUT2D eigenvalue weighted by Gasteiger charge is 2.11. The molecule has 2 rings (SSSR count). The first-order valence-corrected chi connectivity index (χ1v) is 7.95. The Kier molecular flexibility index (Phi) is 8.60. The zero-order chi connectivity index (χ0) is 15.1. The lowest BCUT2D eigenvalue weighted by atomic mass is 10.0. The third-order valence-electron chi connectivity index (χ3n) is 3.84. The molecule has 0 spiro atoms. The molecule has 1 aliphatic rings. The second-order valence-corrected chi connectivity index (χ2v) is 5.83. The summed E-state index contributed by atoms with van der Waals surface area (Å²) in [5.41, 5.74) is 7.27. The number of ether oxygens (including phenoxy) is 1. The van der Waals surface area contributed by atoms with Gasteiger partial charge in [0.2, 0.25) is 0 Å². The van der Waals surface area contributed by atoms with Crippen LogP contribution in [0.25, 0.3) is 0 Å². The Morgan fingerprint density at radius 1 is 1.23 bits per heavy atom. The maximum atomic E-state index is 6.03. The summed E-state index contributed by atoms with van der Waals surface area (Å²) in [6, 6.07) is 8.19. The third-order valence-corrected chi connectivity index (χ3v) is 3.84. The van der Waals surface area contributed by atoms with E-state index >= 15 is 0 Å². The van der Waals surface area contributed by atoms with Crippen LogP contribution in [0.2, 0.25) is 0 Å². The van der Waals surface area contributed by atoms with Gasteiger partial charge in [-0.05, 0) is 36.8 Å². The van der Waals surface area contributed by atoms with E-state index in [-0.39, 0.29) is 24.0 Å². The van der Waals surface area contributed by atoms with E-state index in [0.717, 1.165) is 18.8 Å². The normalized spacial score (nSPS) is 15.6. The number of likely N-dealkylation sites (tertiary alicyclic amines) is 1. The lowest BCUT2D eigenvalue weighted by molar-refractivity contribution is 0.317. The van der Waals surface area contributed by atoms with Crippen LogP contribution >= 0.6 is 24.0 Å². The molecule has 1 heterocycles. The van der Waals surface area contributed by atoms with Crippen LogP contribution in [0, 0.1) is 0 Å². The molecule has 1 aromatic rings. The average molecular weight is 417 g/mol. The van der Waals surface area contributed by atoms with Crippen molar-refractivity contribution >= 4 is 29.9 Å². The lowest BCUT2D eigenvalue weighted by Gasteiger charge is -2.27. The molecule has 0 aromatic heterocycles. The Bertz CT molecular complexity index is 471. The molecule has 0 unspecified atom stereocenters. The van der Waals surface area contributed by atoms with Crippen molar-refractivity contribution in [1.29, 1.82) is 0 Å². The number of rotatable bonds is 5. The summed E-state index contributed by atoms with van der Waals surface area (Å²) >= 11 is 0. The summed E-state index contributed by atoms with van der Waals surface area (Å²) in [6.45, 7) is 7.59. The molecule has 0 radical (unpaired) electrons. The minimum Gasteiger partial charge on any atom is -0.491 e. The SMILES string of the molecule is CC(C)c1ccccc1OCCN=C(N)N1CCCCC1.I. The highest BCUT2D eigenvalue weighted by molar-refractivity contribution is 14.0. The van der Waals surface area contributed by atoms with E-state index in [4.69, 9.17) is 10.5 Å². The minimum atomic E-state index is 0. The molecule has 0 atom stereocenters. The monoisotopic (exact) mass is 417 g/mol. The Hall–Kier alpha value is -0.980. The van der Waals surface area contributed by atoms with Crippen molar-refractivity contribution in [3.05, 3.63) is 29.8 Å². The Balaban J connectivity index is 0.00000242. The summed E-state index contributed by atoms with van der Waals surface area (Å²) < 4.78 is 5.86. The van der Waals surface area contributed by atoms with Gasteiger partial charge in [0, 0.05) is 13.1 Å². The molecule has 1 fully saturated rings. The molecule has 2 N–H and O–H groups in total. The van der Waals surface area contributed by atoms with Gasteiger partial charge in [-0.15, -0.1) is 24.0 Å². The predicted molar refractivity (Wildman–Crippen MR) is 103 cm³/mol. The fourth-order valence-corrected chi connectivity index (χ4v) is 2.63. The first kappa shape index (κ1) is 19.1. The lowest BCUT2D eigenvalue weighted by Crippen LogP contribution is -2.41. The minimum absolute atomic E-state index is 0. The third kappa shape index (κ3) is 5.66. The van der Waals surface area contributed by atoms with Gasteiger partial charge in [-0.25, -0.2) is 4.99 Å². The maximum absolute atomic E-state index is 6.03. The number of guanidine groups is 1. The number of para-hydroxylation sites is 1. The average Bonchev–Trinajstić information content (AvgIpc) is 2.52. The fraction of sp³-hybridized carbons (Fsp3) is 0.588. The van der Waals surface area contributed by atoms with Crippen molar-refractivity contribution < 1.29 is 4.74 Å². The van der Waals surface area contributed by atoms with Crippen molar-refractivity contribution in [2.75, 3.05) is 26.2 Å². The molecule has 5 heteroatoms. The molecular formula is C17H28IN3O. The van der Waals surface area contributed by atoms with E-state index in [1.54, 1.807) is 0 Å². The highest BCUT2D eigenvalue weighted by Crippen LogP contribution is 2.25. The molecular weight excluding hydrogens is 389 g/mol. The number of halogens is 1. The van der Waals surface area contributed by atoms with E-state index < -0.39 is 0 Å². The van der Waals surface area contributed by atoms with Crippen LogP contribution in [-0.2, 0) is 0 Å². The van der Waals surface area contributed by atoms with Gasteiger partial charge in [-0.2, -0.15) is 0 Å². The fourth-order valence-electron chi connectivity index (χ4n) is 2.63. The maximum Gasteiger partial charge on any atom is 0.191 e. The zero-order valence-corrected chi connectivity index (χ0v) is 16.0. The van der Waals surface area contributed by atoms with Crippen molar-refractivity contribution in [2.45, 2.75) is 39.0 Å². The van der Waals surface area contributed by atoms with Gasteiger partial charge in [-0.3, -0.25) is 0 Å². The molecule has 0 saturated carbocycles. The summed E-state index contributed by atoms with van der Waals surface area (Å²) in [7, 11) is 0. The molecule has 1 saturated heterocycles. The van der Waals surface area contributed by atoms with Gasteiger partial charge in [0.15, 0.2) is 5.96 Å². The van der Waals surface area contributed by atoms with Crippen LogP contribution < -0.4 is 10.5 Å². The number of benzene rings is 1. The smallest absolute Gasteiger partial charge is 0.191 e. The standard InChI is InChI=1S/C17H27N3O.HI/c1-14(2)15-8-4-5-9-16(15)21-13-10-19-17(18)20-11-6-3-7-12-20;/h4-5,8-9,14H,3,6-7,10-13H2,1-2H3,(H2,18,19);1H. The number of hydrogen-bond donors (Lipinski definition) is 1. The van der Waals surface area contributed by atoms with Crippen molar-refractivity contribution in [2.24, 2.45) is 10.7 Å². The molecule has 0 bridgehead atoms. The highest BCUT2D eigenvalue weighted by atomic mass is 127. The molecule has 124 valence electrons. The number of aliphatic imine (C=N–C) groups is 1. The second kappa shape index (κ2) is 9.92. The van der Waals surface area contributed by atoms with Crippen LogP contribution in [0.15, 0.2) is 29.3 Å². The van der Waals surface area contributed by atoms with Crippen LogP contribution in [-0.4, -0.2) is 37.1 Å². The van der Waals surface area contributed by atoms with Gasteiger partial charge < -0.3 is 15.4 Å². The van der Waals surface area contributed by atoms with Crippen LogP contribution in [0.4, 0.5) is 0 Å². The van der Waals surface area contributed by atoms with Crippen molar-refractivity contribution in [1.82, 2.24) is 4.90 Å². The molecule has 1 aliphatic heterocycles. The van der Waals surface area contributed by atoms with E-state index in [1.807, 2.05) is 12.1 Å². The Labute approximate surface area is 151 Å². The zero-order valence-electron chi connectivity index (χ0n) is 13.6. The first-order valence-electron chi connectivity index (χ1n) is 7.95. The van der Waals surface area contributed by atoms with Gasteiger partial charge in [0.25, 0.3) is 0 Å². The van der Waals surface area contributed by atoms with Crippen LogP contribution in [0.3, 0.4) is 0 Å². The van der Waals surface area contributed by atoms with Gasteiger partial charge in [-0.1, -0.05) is 32.0 Å². The van der Waals surface area contributed by atoms with Crippen LogP contribution in [0.5, 0.6) is 5.75 Å². The Morgan fingerprint density at radius 2 is 1.91 bits per heavy atom. The molecule has 4 nitrogen and oxygen atoms in total. The summed E-state index contributed by atoms with van der Waals surface area (Å²) in [4.78, 5) is 6.60. The number of piperidine rings is 1. The number of hydrogen-bond acceptors (Lipinski definition) is 2. The Morgan fingerprint density at radius 3 is 2.59 bits per heavy atom. The van der Waals surface area contributed by atoms with E-state index in [9.17, 15) is 0 Å². The summed E-state index contributed by atoms with van der Waals surface area (Å²) in [6.07, 6.45) is 3.74. The second-order valence-electron chi connectivity index (χ2n) is 5.83. The molecule has 0 amide bonds. The van der Waals surface area contributed by atoms with Gasteiger partial charge in [0.1, 0.15) is 12.4 Å². The quantitative estimate of drug-likeness (QED) is 0.345.